The largest absolute Gasteiger partial charge is 0.489 e. The molecule has 2 aromatic carbocycles. The van der Waals surface area contributed by atoms with Gasteiger partial charge >= 0.3 is 0 Å². The van der Waals surface area contributed by atoms with Crippen molar-refractivity contribution < 1.29 is 14.3 Å². The summed E-state index contributed by atoms with van der Waals surface area (Å²) in [7, 11) is 0. The number of carbonyl (C=O) groups is 1. The first kappa shape index (κ1) is 18.5. The predicted molar refractivity (Wildman–Crippen MR) is 104 cm³/mol. The van der Waals surface area contributed by atoms with Gasteiger partial charge in [-0.1, -0.05) is 29.8 Å². The Balaban J connectivity index is 1.56. The Morgan fingerprint density at radius 2 is 2.04 bits per heavy atom. The van der Waals surface area contributed by atoms with Crippen molar-refractivity contribution in [2.45, 2.75) is 25.9 Å². The highest BCUT2D eigenvalue weighted by Gasteiger charge is 2.17. The smallest absolute Gasteiger partial charge is 0.243 e. The molecular weight excluding hydrogens is 352 g/mol. The summed E-state index contributed by atoms with van der Waals surface area (Å²) in [6, 6.07) is 13.0. The van der Waals surface area contributed by atoms with E-state index in [9.17, 15) is 4.79 Å². The van der Waals surface area contributed by atoms with Crippen LogP contribution in [0, 0.1) is 6.92 Å². The van der Waals surface area contributed by atoms with E-state index in [0.29, 0.717) is 23.1 Å². The van der Waals surface area contributed by atoms with Crippen molar-refractivity contribution in [1.29, 1.82) is 0 Å². The molecule has 1 amide bonds. The molecule has 1 aliphatic rings. The first-order valence-electron chi connectivity index (χ1n) is 8.76. The zero-order chi connectivity index (χ0) is 18.4. The molecule has 138 valence electrons. The fourth-order valence-electron chi connectivity index (χ4n) is 2.82. The number of nitrogens with one attached hydrogen (secondary N) is 2. The summed E-state index contributed by atoms with van der Waals surface area (Å²) in [6.45, 7) is 3.34. The van der Waals surface area contributed by atoms with Gasteiger partial charge in [0.2, 0.25) is 5.91 Å². The molecule has 0 bridgehead atoms. The van der Waals surface area contributed by atoms with E-state index in [1.807, 2.05) is 49.4 Å². The van der Waals surface area contributed by atoms with Gasteiger partial charge in [-0.25, -0.2) is 0 Å². The summed E-state index contributed by atoms with van der Waals surface area (Å²) in [5, 5.41) is 6.67. The van der Waals surface area contributed by atoms with Gasteiger partial charge < -0.3 is 20.1 Å². The predicted octanol–water partition coefficient (Wildman–Crippen LogP) is 4.26. The first-order valence-corrected chi connectivity index (χ1v) is 9.13. The van der Waals surface area contributed by atoms with Crippen molar-refractivity contribution in [3.05, 3.63) is 53.1 Å². The zero-order valence-corrected chi connectivity index (χ0v) is 15.5. The molecule has 0 radical (unpaired) electrons. The van der Waals surface area contributed by atoms with E-state index in [1.54, 1.807) is 0 Å². The van der Waals surface area contributed by atoms with Crippen LogP contribution in [0.15, 0.2) is 42.5 Å². The molecule has 1 saturated heterocycles. The number of ether oxygens (including phenoxy) is 2. The molecule has 3 rings (SSSR count). The molecule has 1 fully saturated rings. The van der Waals surface area contributed by atoms with E-state index in [-0.39, 0.29) is 18.6 Å². The Hall–Kier alpha value is -2.24. The molecule has 0 saturated carbocycles. The minimum Gasteiger partial charge on any atom is -0.489 e. The quantitative estimate of drug-likeness (QED) is 0.760. The van der Waals surface area contributed by atoms with Gasteiger partial charge in [0, 0.05) is 17.3 Å². The molecule has 1 atom stereocenters. The number of carbonyl (C=O) groups excluding carboxylic acids is 1. The summed E-state index contributed by atoms with van der Waals surface area (Å²) in [4.78, 5) is 12.3. The SMILES string of the molecule is Cc1c(Cl)cccc1NCC(=O)Nc1ccccc1OCC1CCCO1. The van der Waals surface area contributed by atoms with E-state index in [1.165, 1.54) is 0 Å². The molecule has 0 spiro atoms. The monoisotopic (exact) mass is 374 g/mol. The number of halogens is 1. The summed E-state index contributed by atoms with van der Waals surface area (Å²) in [5.74, 6) is 0.493. The van der Waals surface area contributed by atoms with Crippen molar-refractivity contribution in [3.63, 3.8) is 0 Å². The van der Waals surface area contributed by atoms with Gasteiger partial charge in [0.15, 0.2) is 0 Å². The second kappa shape index (κ2) is 8.92. The number of hydrogen-bond acceptors (Lipinski definition) is 4. The molecule has 26 heavy (non-hydrogen) atoms. The Kier molecular flexibility index (Phi) is 6.36. The lowest BCUT2D eigenvalue weighted by atomic mass is 10.2. The lowest BCUT2D eigenvalue weighted by Gasteiger charge is -2.15. The van der Waals surface area contributed by atoms with E-state index in [0.717, 1.165) is 30.7 Å². The topological polar surface area (TPSA) is 59.6 Å². The maximum absolute atomic E-state index is 12.3. The third kappa shape index (κ3) is 4.90. The van der Waals surface area contributed by atoms with Crippen LogP contribution in [0.25, 0.3) is 0 Å². The summed E-state index contributed by atoms with van der Waals surface area (Å²) in [6.07, 6.45) is 2.21. The Bertz CT molecular complexity index is 760. The molecule has 0 aromatic heterocycles. The second-order valence-electron chi connectivity index (χ2n) is 6.26. The van der Waals surface area contributed by atoms with Crippen molar-refractivity contribution in [2.75, 3.05) is 30.4 Å². The van der Waals surface area contributed by atoms with Crippen molar-refractivity contribution in [1.82, 2.24) is 0 Å². The van der Waals surface area contributed by atoms with Gasteiger partial charge in [0.05, 0.1) is 18.3 Å². The Morgan fingerprint density at radius 3 is 2.85 bits per heavy atom. The lowest BCUT2D eigenvalue weighted by molar-refractivity contribution is -0.114. The minimum atomic E-state index is -0.155. The number of amides is 1. The van der Waals surface area contributed by atoms with Gasteiger partial charge in [-0.2, -0.15) is 0 Å². The maximum Gasteiger partial charge on any atom is 0.243 e. The highest BCUT2D eigenvalue weighted by atomic mass is 35.5. The fourth-order valence-corrected chi connectivity index (χ4v) is 3.00. The Morgan fingerprint density at radius 1 is 1.23 bits per heavy atom. The van der Waals surface area contributed by atoms with Gasteiger partial charge in [0.1, 0.15) is 12.4 Å². The lowest BCUT2D eigenvalue weighted by Crippen LogP contribution is -2.23. The molecular formula is C20H23ClN2O3. The van der Waals surface area contributed by atoms with Crippen LogP contribution in [0.1, 0.15) is 18.4 Å². The molecule has 1 aliphatic heterocycles. The van der Waals surface area contributed by atoms with Crippen LogP contribution in [0.4, 0.5) is 11.4 Å². The van der Waals surface area contributed by atoms with Crippen molar-refractivity contribution >= 4 is 28.9 Å². The van der Waals surface area contributed by atoms with Crippen LogP contribution in [-0.2, 0) is 9.53 Å². The molecule has 2 N–H and O–H groups in total. The number of hydrogen-bond donors (Lipinski definition) is 2. The second-order valence-corrected chi connectivity index (χ2v) is 6.66. The molecule has 0 aliphatic carbocycles. The van der Waals surface area contributed by atoms with Crippen molar-refractivity contribution in [3.8, 4) is 5.75 Å². The molecule has 2 aromatic rings. The Labute approximate surface area is 158 Å². The van der Waals surface area contributed by atoms with Gasteiger partial charge in [-0.05, 0) is 49.6 Å². The van der Waals surface area contributed by atoms with Crippen LogP contribution >= 0.6 is 11.6 Å². The molecule has 5 nitrogen and oxygen atoms in total. The average Bonchev–Trinajstić information content (AvgIpc) is 3.16. The maximum atomic E-state index is 12.3. The van der Waals surface area contributed by atoms with Crippen LogP contribution in [0.2, 0.25) is 5.02 Å². The normalized spacial score (nSPS) is 16.3. The van der Waals surface area contributed by atoms with E-state index in [4.69, 9.17) is 21.1 Å². The van der Waals surface area contributed by atoms with E-state index < -0.39 is 0 Å². The summed E-state index contributed by atoms with van der Waals surface area (Å²) in [5.41, 5.74) is 2.41. The number of para-hydroxylation sites is 2. The van der Waals surface area contributed by atoms with E-state index >= 15 is 0 Å². The molecule has 6 heteroatoms. The number of rotatable bonds is 7. The van der Waals surface area contributed by atoms with Crippen molar-refractivity contribution in [2.24, 2.45) is 0 Å². The third-order valence-corrected chi connectivity index (χ3v) is 4.73. The average molecular weight is 375 g/mol. The highest BCUT2D eigenvalue weighted by molar-refractivity contribution is 6.31. The van der Waals surface area contributed by atoms with Crippen LogP contribution in [-0.4, -0.2) is 31.8 Å². The third-order valence-electron chi connectivity index (χ3n) is 4.32. The van der Waals surface area contributed by atoms with Crippen LogP contribution in [0.5, 0.6) is 5.75 Å². The fraction of sp³-hybridized carbons (Fsp3) is 0.350. The first-order chi connectivity index (χ1) is 12.6. The van der Waals surface area contributed by atoms with E-state index in [2.05, 4.69) is 10.6 Å². The van der Waals surface area contributed by atoms with Crippen LogP contribution < -0.4 is 15.4 Å². The van der Waals surface area contributed by atoms with Gasteiger partial charge in [-0.3, -0.25) is 4.79 Å². The van der Waals surface area contributed by atoms with Crippen LogP contribution in [0.3, 0.4) is 0 Å². The number of benzene rings is 2. The molecule has 1 heterocycles. The zero-order valence-electron chi connectivity index (χ0n) is 14.8. The standard InChI is InChI=1S/C20H23ClN2O3/c1-14-16(21)7-4-9-17(14)22-12-20(24)23-18-8-2-3-10-19(18)26-13-15-6-5-11-25-15/h2-4,7-10,15,22H,5-6,11-13H2,1H3,(H,23,24). The molecule has 1 unspecified atom stereocenters. The highest BCUT2D eigenvalue weighted by Crippen LogP contribution is 2.26. The summed E-state index contributed by atoms with van der Waals surface area (Å²) < 4.78 is 11.4. The number of anilines is 2. The van der Waals surface area contributed by atoms with Gasteiger partial charge in [-0.15, -0.1) is 0 Å². The van der Waals surface area contributed by atoms with Gasteiger partial charge in [0.25, 0.3) is 0 Å². The minimum absolute atomic E-state index is 0.131. The summed E-state index contributed by atoms with van der Waals surface area (Å²) >= 11 is 6.10.